The second-order valence-electron chi connectivity index (χ2n) is 6.50. The molecule has 0 atom stereocenters. The summed E-state index contributed by atoms with van der Waals surface area (Å²) in [6.07, 6.45) is 2.19. The number of amides is 1. The van der Waals surface area contributed by atoms with Crippen molar-refractivity contribution in [2.24, 2.45) is 5.92 Å². The average molecular weight is 321 g/mol. The molecular formula is C21H23NO2. The average Bonchev–Trinajstić information content (AvgIpc) is 2.97. The number of rotatable bonds is 6. The van der Waals surface area contributed by atoms with Crippen molar-refractivity contribution in [2.45, 2.75) is 20.3 Å². The first-order chi connectivity index (χ1) is 11.6. The van der Waals surface area contributed by atoms with E-state index in [1.54, 1.807) is 4.90 Å². The topological polar surface area (TPSA) is 29.5 Å². The number of carbonyl (C=O) groups is 1. The maximum Gasteiger partial charge on any atom is 0.252 e. The van der Waals surface area contributed by atoms with Gasteiger partial charge >= 0.3 is 0 Å². The van der Waals surface area contributed by atoms with Gasteiger partial charge in [-0.2, -0.15) is 0 Å². The van der Waals surface area contributed by atoms with Crippen LogP contribution in [0.1, 0.15) is 25.0 Å². The van der Waals surface area contributed by atoms with Crippen molar-refractivity contribution in [3.63, 3.8) is 0 Å². The lowest BCUT2D eigenvalue weighted by Gasteiger charge is -2.24. The molecule has 0 unspecified atom stereocenters. The van der Waals surface area contributed by atoms with Gasteiger partial charge in [-0.15, -0.1) is 0 Å². The minimum Gasteiger partial charge on any atom is -0.360 e. The van der Waals surface area contributed by atoms with Crippen LogP contribution in [-0.2, 0) is 16.0 Å². The van der Waals surface area contributed by atoms with Gasteiger partial charge in [0, 0.05) is 6.42 Å². The molecule has 0 N–H and O–H groups in total. The van der Waals surface area contributed by atoms with Gasteiger partial charge in [0.25, 0.3) is 5.91 Å². The number of hydrogen-bond acceptors (Lipinski definition) is 2. The molecule has 0 fully saturated rings. The summed E-state index contributed by atoms with van der Waals surface area (Å²) in [4.78, 5) is 14.1. The van der Waals surface area contributed by atoms with E-state index in [4.69, 9.17) is 4.74 Å². The van der Waals surface area contributed by atoms with Crippen LogP contribution >= 0.6 is 0 Å². The number of benzene rings is 2. The van der Waals surface area contributed by atoms with Crippen molar-refractivity contribution in [3.05, 3.63) is 66.2 Å². The summed E-state index contributed by atoms with van der Waals surface area (Å²) in [7, 11) is 0. The first kappa shape index (κ1) is 16.5. The molecule has 0 spiro atoms. The Morgan fingerprint density at radius 3 is 2.71 bits per heavy atom. The molecule has 0 aliphatic heterocycles. The van der Waals surface area contributed by atoms with Crippen LogP contribution in [0, 0.1) is 5.92 Å². The SMILES string of the molecule is C=CC(=O)N(COCC(C)C)c1cccc2c1Cc1ccccc1-2. The molecule has 0 aromatic heterocycles. The second kappa shape index (κ2) is 7.02. The highest BCUT2D eigenvalue weighted by atomic mass is 16.5. The third-order valence-corrected chi connectivity index (χ3v) is 4.23. The molecule has 3 rings (SSSR count). The maximum absolute atomic E-state index is 12.4. The Bertz CT molecular complexity index is 764. The minimum atomic E-state index is -0.136. The predicted molar refractivity (Wildman–Crippen MR) is 98.0 cm³/mol. The smallest absolute Gasteiger partial charge is 0.252 e. The van der Waals surface area contributed by atoms with Crippen LogP contribution in [0.15, 0.2) is 55.1 Å². The lowest BCUT2D eigenvalue weighted by Crippen LogP contribution is -2.33. The van der Waals surface area contributed by atoms with Crippen LogP contribution in [0.25, 0.3) is 11.1 Å². The molecule has 3 heteroatoms. The van der Waals surface area contributed by atoms with Crippen LogP contribution in [-0.4, -0.2) is 19.2 Å². The highest BCUT2D eigenvalue weighted by molar-refractivity contribution is 6.02. The fraction of sp³-hybridized carbons (Fsp3) is 0.286. The van der Waals surface area contributed by atoms with Gasteiger partial charge in [0.05, 0.1) is 12.3 Å². The Hall–Kier alpha value is -2.39. The molecular weight excluding hydrogens is 298 g/mol. The number of carbonyl (C=O) groups excluding carboxylic acids is 1. The number of fused-ring (bicyclic) bond motifs is 3. The van der Waals surface area contributed by atoms with Crippen molar-refractivity contribution in [1.82, 2.24) is 0 Å². The van der Waals surface area contributed by atoms with Crippen molar-refractivity contribution >= 4 is 11.6 Å². The molecule has 0 heterocycles. The highest BCUT2D eigenvalue weighted by Gasteiger charge is 2.24. The van der Waals surface area contributed by atoms with Crippen molar-refractivity contribution in [2.75, 3.05) is 18.2 Å². The predicted octanol–water partition coefficient (Wildman–Crippen LogP) is 4.41. The lowest BCUT2D eigenvalue weighted by atomic mass is 10.0. The van der Waals surface area contributed by atoms with Gasteiger partial charge in [0.1, 0.15) is 6.73 Å². The zero-order chi connectivity index (χ0) is 17.1. The monoisotopic (exact) mass is 321 g/mol. The Labute approximate surface area is 143 Å². The molecule has 3 nitrogen and oxygen atoms in total. The fourth-order valence-corrected chi connectivity index (χ4v) is 3.14. The summed E-state index contributed by atoms with van der Waals surface area (Å²) >= 11 is 0. The normalized spacial score (nSPS) is 12.0. The van der Waals surface area contributed by atoms with E-state index >= 15 is 0 Å². The minimum absolute atomic E-state index is 0.136. The number of nitrogens with zero attached hydrogens (tertiary/aromatic N) is 1. The van der Waals surface area contributed by atoms with E-state index in [-0.39, 0.29) is 12.6 Å². The van der Waals surface area contributed by atoms with Crippen LogP contribution in [0.2, 0.25) is 0 Å². The van der Waals surface area contributed by atoms with E-state index < -0.39 is 0 Å². The van der Waals surface area contributed by atoms with E-state index in [0.29, 0.717) is 12.5 Å². The fourth-order valence-electron chi connectivity index (χ4n) is 3.14. The molecule has 2 aromatic rings. The molecule has 24 heavy (non-hydrogen) atoms. The molecule has 0 bridgehead atoms. The summed E-state index contributed by atoms with van der Waals surface area (Å²) in [6, 6.07) is 14.5. The molecule has 2 aromatic carbocycles. The zero-order valence-corrected chi connectivity index (χ0v) is 14.3. The first-order valence-electron chi connectivity index (χ1n) is 8.33. The number of hydrogen-bond donors (Lipinski definition) is 0. The van der Waals surface area contributed by atoms with Crippen LogP contribution in [0.3, 0.4) is 0 Å². The van der Waals surface area contributed by atoms with Gasteiger partial charge < -0.3 is 4.74 Å². The van der Waals surface area contributed by atoms with Crippen LogP contribution < -0.4 is 4.90 Å². The van der Waals surface area contributed by atoms with Gasteiger partial charge in [-0.05, 0) is 40.3 Å². The van der Waals surface area contributed by atoms with Crippen molar-refractivity contribution in [3.8, 4) is 11.1 Å². The molecule has 1 amide bonds. The lowest BCUT2D eigenvalue weighted by molar-refractivity contribution is -0.115. The maximum atomic E-state index is 12.4. The Kier molecular flexibility index (Phi) is 4.81. The summed E-state index contributed by atoms with van der Waals surface area (Å²) in [5.74, 6) is 0.291. The molecule has 0 saturated heterocycles. The van der Waals surface area contributed by atoms with Crippen LogP contribution in [0.5, 0.6) is 0 Å². The number of ether oxygens (including phenoxy) is 1. The van der Waals surface area contributed by atoms with Gasteiger partial charge in [-0.25, -0.2) is 0 Å². The van der Waals surface area contributed by atoms with E-state index in [1.807, 2.05) is 12.1 Å². The third-order valence-electron chi connectivity index (χ3n) is 4.23. The Balaban J connectivity index is 1.95. The summed E-state index contributed by atoms with van der Waals surface area (Å²) in [6.45, 7) is 8.69. The van der Waals surface area contributed by atoms with Gasteiger partial charge in [0.15, 0.2) is 0 Å². The molecule has 0 saturated carbocycles. The summed E-state index contributed by atoms with van der Waals surface area (Å²) < 4.78 is 5.73. The van der Waals surface area contributed by atoms with Gasteiger partial charge in [0.2, 0.25) is 0 Å². The first-order valence-corrected chi connectivity index (χ1v) is 8.33. The number of anilines is 1. The van der Waals surface area contributed by atoms with Gasteiger partial charge in [-0.1, -0.05) is 56.8 Å². The van der Waals surface area contributed by atoms with E-state index in [9.17, 15) is 4.79 Å². The zero-order valence-electron chi connectivity index (χ0n) is 14.3. The quantitative estimate of drug-likeness (QED) is 0.497. The van der Waals surface area contributed by atoms with Crippen molar-refractivity contribution in [1.29, 1.82) is 0 Å². The molecule has 124 valence electrons. The molecule has 0 radical (unpaired) electrons. The highest BCUT2D eigenvalue weighted by Crippen LogP contribution is 2.41. The third kappa shape index (κ3) is 3.13. The van der Waals surface area contributed by atoms with E-state index in [2.05, 4.69) is 50.8 Å². The Morgan fingerprint density at radius 2 is 1.96 bits per heavy atom. The summed E-state index contributed by atoms with van der Waals surface area (Å²) in [5, 5.41) is 0. The standard InChI is InChI=1S/C21H23NO2/c1-4-21(23)22(14-24-13-15(2)3)20-11-7-10-18-17-9-6-5-8-16(17)12-19(18)20/h4-11,15H,1,12-14H2,2-3H3. The van der Waals surface area contributed by atoms with E-state index in [1.165, 1.54) is 28.3 Å². The second-order valence-corrected chi connectivity index (χ2v) is 6.50. The summed E-state index contributed by atoms with van der Waals surface area (Å²) in [5.41, 5.74) is 5.85. The van der Waals surface area contributed by atoms with Crippen LogP contribution in [0.4, 0.5) is 5.69 Å². The van der Waals surface area contributed by atoms with E-state index in [0.717, 1.165) is 12.1 Å². The largest absolute Gasteiger partial charge is 0.360 e. The molecule has 1 aliphatic carbocycles. The van der Waals surface area contributed by atoms with Gasteiger partial charge in [-0.3, -0.25) is 9.69 Å². The Morgan fingerprint density at radius 1 is 1.21 bits per heavy atom. The molecule has 1 aliphatic rings. The van der Waals surface area contributed by atoms with Crippen molar-refractivity contribution < 1.29 is 9.53 Å².